The van der Waals surface area contributed by atoms with Crippen LogP contribution in [-0.4, -0.2) is 72.7 Å². The number of rotatable bonds is 7. The van der Waals surface area contributed by atoms with Gasteiger partial charge in [-0.25, -0.2) is 9.59 Å². The number of β-amino-alcohol motifs (C(OH)–C–C–N with tert-alkyl or cyclic N) is 1. The van der Waals surface area contributed by atoms with Gasteiger partial charge in [-0.05, 0) is 47.2 Å². The van der Waals surface area contributed by atoms with Crippen molar-refractivity contribution in [3.8, 4) is 0 Å². The molecular formula is C27H32N2O5. The van der Waals surface area contributed by atoms with Crippen molar-refractivity contribution in [1.82, 2.24) is 9.80 Å². The molecule has 0 aromatic heterocycles. The lowest BCUT2D eigenvalue weighted by Crippen LogP contribution is -2.48. The fraction of sp³-hybridized carbons (Fsp3) is 0.481. The minimum Gasteiger partial charge on any atom is -0.462 e. The van der Waals surface area contributed by atoms with Crippen molar-refractivity contribution in [3.63, 3.8) is 0 Å². The molecule has 7 nitrogen and oxygen atoms in total. The average Bonchev–Trinajstić information content (AvgIpc) is 3.24. The highest BCUT2D eigenvalue weighted by Gasteiger charge is 2.28. The van der Waals surface area contributed by atoms with E-state index < -0.39 is 6.10 Å². The molecule has 1 atom stereocenters. The molecule has 7 heteroatoms. The average molecular weight is 465 g/mol. The van der Waals surface area contributed by atoms with E-state index in [9.17, 15) is 14.7 Å². The number of ether oxygens (including phenoxy) is 2. The fourth-order valence-electron chi connectivity index (χ4n) is 5.38. The van der Waals surface area contributed by atoms with E-state index in [1.807, 2.05) is 18.2 Å². The van der Waals surface area contributed by atoms with Crippen LogP contribution in [0.5, 0.6) is 0 Å². The van der Waals surface area contributed by atoms with Crippen LogP contribution in [0.3, 0.4) is 0 Å². The van der Waals surface area contributed by atoms with Gasteiger partial charge < -0.3 is 19.5 Å². The van der Waals surface area contributed by atoms with Crippen molar-refractivity contribution in [2.75, 3.05) is 45.9 Å². The SMILES string of the molecule is CCc1c(C(O)CN2CCN(CCc3ccc4c(c3)CCOC4=O)CC2)ccc2c1COC2=O. The topological polar surface area (TPSA) is 79.3 Å². The van der Waals surface area contributed by atoms with Crippen molar-refractivity contribution in [2.24, 2.45) is 0 Å². The van der Waals surface area contributed by atoms with Gasteiger partial charge in [-0.15, -0.1) is 0 Å². The number of benzene rings is 2. The van der Waals surface area contributed by atoms with Gasteiger partial charge in [0, 0.05) is 51.3 Å². The van der Waals surface area contributed by atoms with Gasteiger partial charge in [0.15, 0.2) is 0 Å². The molecule has 2 aromatic rings. The lowest BCUT2D eigenvalue weighted by atomic mass is 9.92. The molecule has 0 aliphatic carbocycles. The van der Waals surface area contributed by atoms with Crippen LogP contribution in [0.1, 0.15) is 61.6 Å². The zero-order valence-electron chi connectivity index (χ0n) is 19.7. The number of nitrogens with zero attached hydrogens (tertiary/aromatic N) is 2. The Morgan fingerprint density at radius 3 is 2.50 bits per heavy atom. The summed E-state index contributed by atoms with van der Waals surface area (Å²) in [6.07, 6.45) is 1.94. The van der Waals surface area contributed by atoms with E-state index in [0.29, 0.717) is 30.9 Å². The molecule has 180 valence electrons. The van der Waals surface area contributed by atoms with E-state index in [2.05, 4.69) is 22.8 Å². The van der Waals surface area contributed by atoms with Crippen molar-refractivity contribution >= 4 is 11.9 Å². The van der Waals surface area contributed by atoms with Gasteiger partial charge >= 0.3 is 11.9 Å². The van der Waals surface area contributed by atoms with Crippen LogP contribution in [-0.2, 0) is 35.3 Å². The first-order chi connectivity index (χ1) is 16.5. The first-order valence-corrected chi connectivity index (χ1v) is 12.3. The van der Waals surface area contributed by atoms with Crippen molar-refractivity contribution in [3.05, 3.63) is 69.3 Å². The molecule has 0 radical (unpaired) electrons. The summed E-state index contributed by atoms with van der Waals surface area (Å²) in [7, 11) is 0. The largest absolute Gasteiger partial charge is 0.462 e. The highest BCUT2D eigenvalue weighted by atomic mass is 16.5. The second-order valence-corrected chi connectivity index (χ2v) is 9.37. The molecular weight excluding hydrogens is 432 g/mol. The molecule has 0 amide bonds. The number of piperazine rings is 1. The molecule has 1 unspecified atom stereocenters. The van der Waals surface area contributed by atoms with Crippen LogP contribution in [0, 0.1) is 0 Å². The number of carbonyl (C=O) groups excluding carboxylic acids is 2. The van der Waals surface area contributed by atoms with Crippen molar-refractivity contribution < 1.29 is 24.2 Å². The van der Waals surface area contributed by atoms with Crippen LogP contribution in [0.25, 0.3) is 0 Å². The lowest BCUT2D eigenvalue weighted by Gasteiger charge is -2.36. The summed E-state index contributed by atoms with van der Waals surface area (Å²) in [5.74, 6) is -0.473. The first kappa shape index (κ1) is 23.0. The molecule has 3 aliphatic rings. The Labute approximate surface area is 200 Å². The number of hydrogen-bond acceptors (Lipinski definition) is 7. The predicted octanol–water partition coefficient (Wildman–Crippen LogP) is 2.53. The summed E-state index contributed by atoms with van der Waals surface area (Å²) in [5.41, 5.74) is 6.61. The number of aliphatic hydroxyl groups excluding tert-OH is 1. The molecule has 3 aliphatic heterocycles. The van der Waals surface area contributed by atoms with Gasteiger partial charge in [-0.3, -0.25) is 4.90 Å². The highest BCUT2D eigenvalue weighted by Crippen LogP contribution is 2.30. The van der Waals surface area contributed by atoms with E-state index in [-0.39, 0.29) is 11.9 Å². The third kappa shape index (κ3) is 4.60. The Bertz CT molecular complexity index is 1090. The number of fused-ring (bicyclic) bond motifs is 2. The minimum atomic E-state index is -0.579. The van der Waals surface area contributed by atoms with E-state index in [1.54, 1.807) is 6.07 Å². The zero-order chi connectivity index (χ0) is 23.7. The van der Waals surface area contributed by atoms with Gasteiger partial charge in [0.05, 0.1) is 23.8 Å². The Morgan fingerprint density at radius 1 is 0.971 bits per heavy atom. The molecule has 1 saturated heterocycles. The van der Waals surface area contributed by atoms with Gasteiger partial charge in [0.2, 0.25) is 0 Å². The van der Waals surface area contributed by atoms with Crippen molar-refractivity contribution in [1.29, 1.82) is 0 Å². The number of hydrogen-bond donors (Lipinski definition) is 1. The summed E-state index contributed by atoms with van der Waals surface area (Å²) in [6, 6.07) is 9.78. The maximum atomic E-state index is 11.9. The third-order valence-electron chi connectivity index (χ3n) is 7.35. The quantitative estimate of drug-likeness (QED) is 0.631. The minimum absolute atomic E-state index is 0.209. The summed E-state index contributed by atoms with van der Waals surface area (Å²) in [5, 5.41) is 11.0. The fourth-order valence-corrected chi connectivity index (χ4v) is 5.38. The molecule has 34 heavy (non-hydrogen) atoms. The number of esters is 2. The van der Waals surface area contributed by atoms with E-state index in [1.165, 1.54) is 5.56 Å². The number of cyclic esters (lactones) is 2. The van der Waals surface area contributed by atoms with Crippen molar-refractivity contribution in [2.45, 2.75) is 38.9 Å². The van der Waals surface area contributed by atoms with Gasteiger partial charge in [0.25, 0.3) is 0 Å². The van der Waals surface area contributed by atoms with Crippen LogP contribution in [0.2, 0.25) is 0 Å². The number of carbonyl (C=O) groups is 2. The van der Waals surface area contributed by atoms with Crippen LogP contribution in [0.4, 0.5) is 0 Å². The van der Waals surface area contributed by atoms with Crippen LogP contribution >= 0.6 is 0 Å². The Balaban J connectivity index is 1.13. The van der Waals surface area contributed by atoms with E-state index in [0.717, 1.165) is 74.2 Å². The zero-order valence-corrected chi connectivity index (χ0v) is 19.7. The molecule has 1 fully saturated rings. The molecule has 3 heterocycles. The second-order valence-electron chi connectivity index (χ2n) is 9.37. The predicted molar refractivity (Wildman–Crippen MR) is 127 cm³/mol. The van der Waals surface area contributed by atoms with Crippen LogP contribution < -0.4 is 0 Å². The second kappa shape index (κ2) is 9.86. The maximum Gasteiger partial charge on any atom is 0.338 e. The Hall–Kier alpha value is -2.74. The molecule has 1 N–H and O–H groups in total. The Kier molecular flexibility index (Phi) is 6.68. The maximum absolute atomic E-state index is 11.9. The highest BCUT2D eigenvalue weighted by molar-refractivity contribution is 5.94. The molecule has 5 rings (SSSR count). The first-order valence-electron chi connectivity index (χ1n) is 12.3. The van der Waals surface area contributed by atoms with Gasteiger partial charge in [-0.2, -0.15) is 0 Å². The Morgan fingerprint density at radius 2 is 1.71 bits per heavy atom. The summed E-state index contributed by atoms with van der Waals surface area (Å²) in [4.78, 5) is 28.5. The van der Waals surface area contributed by atoms with Gasteiger partial charge in [0.1, 0.15) is 6.61 Å². The van der Waals surface area contributed by atoms with E-state index >= 15 is 0 Å². The monoisotopic (exact) mass is 464 g/mol. The summed E-state index contributed by atoms with van der Waals surface area (Å²) in [6.45, 7) is 8.19. The molecule has 0 bridgehead atoms. The number of aliphatic hydroxyl groups is 1. The summed E-state index contributed by atoms with van der Waals surface area (Å²) >= 11 is 0. The van der Waals surface area contributed by atoms with Gasteiger partial charge in [-0.1, -0.05) is 25.1 Å². The molecule has 0 spiro atoms. The smallest absolute Gasteiger partial charge is 0.338 e. The molecule has 2 aromatic carbocycles. The van der Waals surface area contributed by atoms with Crippen LogP contribution in [0.15, 0.2) is 30.3 Å². The third-order valence-corrected chi connectivity index (χ3v) is 7.35. The lowest BCUT2D eigenvalue weighted by molar-refractivity contribution is 0.0478. The van der Waals surface area contributed by atoms with E-state index in [4.69, 9.17) is 9.47 Å². The summed E-state index contributed by atoms with van der Waals surface area (Å²) < 4.78 is 10.3. The molecule has 0 saturated carbocycles. The normalized spacial score (nSPS) is 19.4. The standard InChI is InChI=1S/C27H32N2O5/c1-2-20-22(5-6-23-24(20)17-34-27(23)32)25(30)16-29-12-10-28(11-13-29)9-7-18-3-4-21-19(15-18)8-14-33-26(21)31/h3-6,15,25,30H,2,7-14,16-17H2,1H3.